The van der Waals surface area contributed by atoms with Gasteiger partial charge >= 0.3 is 19.6 Å². The molecule has 0 aliphatic carbocycles. The molecule has 0 spiro atoms. The zero-order valence-electron chi connectivity index (χ0n) is 21.6. The number of esters is 1. The van der Waals surface area contributed by atoms with Crippen molar-refractivity contribution in [2.24, 2.45) is 0 Å². The predicted octanol–water partition coefficient (Wildman–Crippen LogP) is 6.77. The summed E-state index contributed by atoms with van der Waals surface area (Å²) in [4.78, 5) is 26.0. The van der Waals surface area contributed by atoms with Gasteiger partial charge in [0, 0.05) is 17.0 Å². The molecule has 10 heteroatoms. The molecule has 0 saturated heterocycles. The minimum absolute atomic E-state index is 0.177. The Hall–Kier alpha value is -4.26. The Bertz CT molecular complexity index is 1410. The highest BCUT2D eigenvalue weighted by atomic mass is 35.5. The third-order valence-electron chi connectivity index (χ3n) is 5.81. The summed E-state index contributed by atoms with van der Waals surface area (Å²) in [5, 5.41) is 5.56. The summed E-state index contributed by atoms with van der Waals surface area (Å²) >= 11 is 6.52. The van der Waals surface area contributed by atoms with E-state index in [0.29, 0.717) is 5.56 Å². The quantitative estimate of drug-likeness (QED) is 0.150. The first-order chi connectivity index (χ1) is 19.4. The molecule has 0 aliphatic heterocycles. The van der Waals surface area contributed by atoms with Crippen LogP contribution in [-0.2, 0) is 20.5 Å². The van der Waals surface area contributed by atoms with Crippen LogP contribution in [0.15, 0.2) is 115 Å². The Labute approximate surface area is 237 Å². The maximum atomic E-state index is 14.7. The topological polar surface area (TPSA) is 103 Å². The maximum Gasteiger partial charge on any atom is 0.457 e. The van der Waals surface area contributed by atoms with Crippen LogP contribution >= 0.6 is 19.2 Å². The molecule has 4 aromatic rings. The van der Waals surface area contributed by atoms with Gasteiger partial charge in [-0.25, -0.2) is 14.2 Å². The molecular formula is C30H28ClN2O6P. The first-order valence-corrected chi connectivity index (χ1v) is 14.4. The molecule has 2 amide bonds. The Morgan fingerprint density at radius 2 is 1.25 bits per heavy atom. The molecule has 0 bridgehead atoms. The van der Waals surface area contributed by atoms with E-state index in [0.717, 1.165) is 5.56 Å². The van der Waals surface area contributed by atoms with E-state index >= 15 is 0 Å². The molecule has 0 radical (unpaired) electrons. The van der Waals surface area contributed by atoms with Gasteiger partial charge in [-0.05, 0) is 35.9 Å². The van der Waals surface area contributed by atoms with Gasteiger partial charge in [-0.2, -0.15) is 0 Å². The van der Waals surface area contributed by atoms with Gasteiger partial charge in [-0.15, -0.1) is 0 Å². The van der Waals surface area contributed by atoms with Crippen LogP contribution in [0.25, 0.3) is 0 Å². The van der Waals surface area contributed by atoms with Crippen molar-refractivity contribution >= 4 is 31.2 Å². The minimum atomic E-state index is -4.29. The lowest BCUT2D eigenvalue weighted by atomic mass is 10.1. The lowest BCUT2D eigenvalue weighted by Gasteiger charge is -2.29. The maximum absolute atomic E-state index is 14.7. The molecule has 0 heterocycles. The summed E-state index contributed by atoms with van der Waals surface area (Å²) in [6, 6.07) is 30.9. The second kappa shape index (κ2) is 13.7. The van der Waals surface area contributed by atoms with E-state index in [1.807, 2.05) is 30.3 Å². The van der Waals surface area contributed by atoms with Crippen LogP contribution in [0.3, 0.4) is 0 Å². The number of ether oxygens (including phenoxy) is 1. The Morgan fingerprint density at radius 1 is 0.750 bits per heavy atom. The van der Waals surface area contributed by atoms with E-state index in [9.17, 15) is 14.2 Å². The zero-order chi connectivity index (χ0) is 28.4. The molecule has 2 atom stereocenters. The Kier molecular flexibility index (Phi) is 9.84. The fourth-order valence-corrected chi connectivity index (χ4v) is 6.16. The van der Waals surface area contributed by atoms with Gasteiger partial charge in [0.15, 0.2) is 5.78 Å². The Morgan fingerprint density at radius 3 is 1.77 bits per heavy atom. The SMILES string of the molecule is COC(=O)[C@H](Cc1ccccc1)NC(=O)NC(c1ccccc1Cl)P(=O)(Oc1ccccc1)Oc1ccccc1. The van der Waals surface area contributed by atoms with E-state index in [2.05, 4.69) is 10.6 Å². The lowest BCUT2D eigenvalue weighted by Crippen LogP contribution is -2.48. The van der Waals surface area contributed by atoms with E-state index in [4.69, 9.17) is 25.4 Å². The summed E-state index contributed by atoms with van der Waals surface area (Å²) in [6.07, 6.45) is 0.177. The lowest BCUT2D eigenvalue weighted by molar-refractivity contribution is -0.142. The molecule has 0 fully saturated rings. The second-order valence-corrected chi connectivity index (χ2v) is 11.0. The van der Waals surface area contributed by atoms with E-state index in [1.165, 1.54) is 7.11 Å². The molecule has 0 saturated carbocycles. The number of methoxy groups -OCH3 is 1. The molecule has 2 N–H and O–H groups in total. The van der Waals surface area contributed by atoms with Crippen molar-refractivity contribution in [1.29, 1.82) is 0 Å². The molecule has 1 unspecified atom stereocenters. The molecule has 4 aromatic carbocycles. The van der Waals surface area contributed by atoms with E-state index in [-0.39, 0.29) is 22.9 Å². The first-order valence-electron chi connectivity index (χ1n) is 12.4. The molecule has 8 nitrogen and oxygen atoms in total. The summed E-state index contributed by atoms with van der Waals surface area (Å²) in [6.45, 7) is 0. The van der Waals surface area contributed by atoms with Crippen molar-refractivity contribution in [2.75, 3.05) is 7.11 Å². The van der Waals surface area contributed by atoms with E-state index < -0.39 is 31.4 Å². The monoisotopic (exact) mass is 578 g/mol. The highest BCUT2D eigenvalue weighted by Gasteiger charge is 2.43. The van der Waals surface area contributed by atoms with Crippen molar-refractivity contribution in [1.82, 2.24) is 10.6 Å². The number of carbonyl (C=O) groups excluding carboxylic acids is 2. The number of amides is 2. The number of hydrogen-bond acceptors (Lipinski definition) is 6. The summed E-state index contributed by atoms with van der Waals surface area (Å²) < 4.78 is 31.6. The number of rotatable bonds is 11. The molecule has 40 heavy (non-hydrogen) atoms. The van der Waals surface area contributed by atoms with Gasteiger partial charge < -0.3 is 24.4 Å². The highest BCUT2D eigenvalue weighted by Crippen LogP contribution is 2.59. The zero-order valence-corrected chi connectivity index (χ0v) is 23.3. The fourth-order valence-electron chi connectivity index (χ4n) is 3.91. The molecular weight excluding hydrogens is 551 g/mol. The summed E-state index contributed by atoms with van der Waals surface area (Å²) in [5.41, 5.74) is 1.11. The van der Waals surface area contributed by atoms with Crippen LogP contribution in [0.1, 0.15) is 16.9 Å². The average molecular weight is 579 g/mol. The largest absolute Gasteiger partial charge is 0.467 e. The summed E-state index contributed by atoms with van der Waals surface area (Å²) in [5.74, 6) is -1.48. The van der Waals surface area contributed by atoms with Crippen molar-refractivity contribution in [3.63, 3.8) is 0 Å². The smallest absolute Gasteiger partial charge is 0.457 e. The number of para-hydroxylation sites is 2. The van der Waals surface area contributed by atoms with Gasteiger partial charge in [-0.1, -0.05) is 96.5 Å². The highest BCUT2D eigenvalue weighted by molar-refractivity contribution is 7.55. The minimum Gasteiger partial charge on any atom is -0.467 e. The average Bonchev–Trinajstić information content (AvgIpc) is 2.97. The molecule has 206 valence electrons. The molecule has 4 rings (SSSR count). The number of nitrogens with one attached hydrogen (secondary N) is 2. The van der Waals surface area contributed by atoms with Gasteiger partial charge in [-0.3, -0.25) is 0 Å². The number of halogens is 1. The third kappa shape index (κ3) is 7.65. The summed E-state index contributed by atoms with van der Waals surface area (Å²) in [7, 11) is -3.05. The molecule has 0 aliphatic rings. The first kappa shape index (κ1) is 28.7. The second-order valence-electron chi connectivity index (χ2n) is 8.66. The van der Waals surface area contributed by atoms with Gasteiger partial charge in [0.2, 0.25) is 0 Å². The predicted molar refractivity (Wildman–Crippen MR) is 154 cm³/mol. The number of benzene rings is 4. The van der Waals surface area contributed by atoms with Crippen molar-refractivity contribution in [3.05, 3.63) is 131 Å². The fraction of sp³-hybridized carbons (Fsp3) is 0.133. The van der Waals surface area contributed by atoms with Crippen molar-refractivity contribution < 1.29 is 27.9 Å². The number of hydrogen-bond donors (Lipinski definition) is 2. The van der Waals surface area contributed by atoms with Gasteiger partial charge in [0.25, 0.3) is 0 Å². The van der Waals surface area contributed by atoms with Crippen LogP contribution < -0.4 is 19.7 Å². The molecule has 0 aromatic heterocycles. The van der Waals surface area contributed by atoms with Crippen LogP contribution in [0.4, 0.5) is 4.79 Å². The van der Waals surface area contributed by atoms with Crippen molar-refractivity contribution in [2.45, 2.75) is 18.2 Å². The van der Waals surface area contributed by atoms with Crippen LogP contribution in [0.2, 0.25) is 5.02 Å². The number of carbonyl (C=O) groups is 2. The van der Waals surface area contributed by atoms with Crippen LogP contribution in [0.5, 0.6) is 11.5 Å². The van der Waals surface area contributed by atoms with Crippen LogP contribution in [-0.4, -0.2) is 25.2 Å². The van der Waals surface area contributed by atoms with Gasteiger partial charge in [0.05, 0.1) is 7.11 Å². The van der Waals surface area contributed by atoms with Crippen LogP contribution in [0, 0.1) is 0 Å². The van der Waals surface area contributed by atoms with E-state index in [1.54, 1.807) is 84.9 Å². The normalized spacial score (nSPS) is 12.4. The Balaban J connectivity index is 1.69. The third-order valence-corrected chi connectivity index (χ3v) is 8.12. The van der Waals surface area contributed by atoms with Crippen molar-refractivity contribution in [3.8, 4) is 11.5 Å². The standard InChI is InChI=1S/C30H28ClN2O6P/c1-37-29(34)27(21-22-13-5-2-6-14-22)32-30(35)33-28(25-19-11-12-20-26(25)31)40(36,38-23-15-7-3-8-16-23)39-24-17-9-4-10-18-24/h2-20,27-28H,21H2,1H3,(H2,32,33,35)/t27-,28?/m0/s1. The van der Waals surface area contributed by atoms with Gasteiger partial charge in [0.1, 0.15) is 17.5 Å². The number of urea groups is 1.